The van der Waals surface area contributed by atoms with Crippen LogP contribution in [-0.4, -0.2) is 80.9 Å². The van der Waals surface area contributed by atoms with Crippen molar-refractivity contribution in [3.8, 4) is 11.5 Å². The summed E-state index contributed by atoms with van der Waals surface area (Å²) >= 11 is 0. The average molecular weight is 837 g/mol. The summed E-state index contributed by atoms with van der Waals surface area (Å²) in [6, 6.07) is 17.0. The van der Waals surface area contributed by atoms with Crippen molar-refractivity contribution in [2.24, 2.45) is 22.9 Å². The molecule has 3 aromatic rings. The van der Waals surface area contributed by atoms with Crippen LogP contribution in [0.3, 0.4) is 0 Å². The minimum atomic E-state index is -1.41. The molecule has 326 valence electrons. The van der Waals surface area contributed by atoms with Gasteiger partial charge in [-0.3, -0.25) is 19.9 Å². The molecule has 1 aliphatic heterocycles. The number of amides is 1. The first kappa shape index (κ1) is 45.2. The van der Waals surface area contributed by atoms with Gasteiger partial charge in [-0.25, -0.2) is 0 Å². The molecule has 1 fully saturated rings. The van der Waals surface area contributed by atoms with Gasteiger partial charge in [-0.2, -0.15) is 0 Å². The number of likely N-dealkylation sites (N-methyl/N-ethyl adjacent to an activating group) is 1. The van der Waals surface area contributed by atoms with Crippen LogP contribution in [0.1, 0.15) is 94.1 Å². The maximum Gasteiger partial charge on any atom is 0.269 e. The highest BCUT2D eigenvalue weighted by Gasteiger charge is 2.65. The highest BCUT2D eigenvalue weighted by atomic mass is 16.7. The van der Waals surface area contributed by atoms with Gasteiger partial charge in [-0.15, -0.1) is 6.58 Å². The number of non-ortho nitro benzene ring substituents is 1. The van der Waals surface area contributed by atoms with E-state index in [2.05, 4.69) is 23.7 Å². The zero-order valence-electron chi connectivity index (χ0n) is 36.0. The summed E-state index contributed by atoms with van der Waals surface area (Å²) in [4.78, 5) is 37.6. The Labute approximate surface area is 358 Å². The van der Waals surface area contributed by atoms with Gasteiger partial charge in [0.05, 0.1) is 28.9 Å². The zero-order valence-corrected chi connectivity index (χ0v) is 36.0. The van der Waals surface area contributed by atoms with Crippen molar-refractivity contribution in [2.75, 3.05) is 26.9 Å². The van der Waals surface area contributed by atoms with Gasteiger partial charge in [0.1, 0.15) is 29.7 Å². The summed E-state index contributed by atoms with van der Waals surface area (Å²) in [7, 11) is 1.73. The number of carbonyl (C=O) groups excluding carboxylic acids is 1. The molecule has 6 atom stereocenters. The Morgan fingerprint density at radius 2 is 1.82 bits per heavy atom. The summed E-state index contributed by atoms with van der Waals surface area (Å²) in [6.07, 6.45) is 11.9. The number of nitro benzene ring substituents is 1. The second kappa shape index (κ2) is 20.0. The first-order valence-electron chi connectivity index (χ1n) is 21.3. The number of aliphatic hydroxyl groups is 2. The molecule has 1 saturated carbocycles. The molecule has 0 saturated heterocycles. The molecule has 0 spiro atoms. The number of oxime groups is 1. The molecule has 2 aromatic carbocycles. The number of hydrogen-bond acceptors (Lipinski definition) is 11. The number of aliphatic hydroxyl groups excluding tert-OH is 2. The SMILES string of the molecule is C=CCO[C@@]12Oc3ccc(OCc4cccc(C)n4)cc3[C@H]3[C@H](CCCCO)[C@@H](CCCCO)C=C(C(=NOC(C)(C)C)C[C@@H]1N(C)C(=O)C=Cc1ccc([N+](=O)[O-])cc1)[C@H]32. The first-order valence-corrected chi connectivity index (χ1v) is 21.3. The molecule has 0 unspecified atom stereocenters. The molecular weight excluding hydrogens is 777 g/mol. The number of carbonyl (C=O) groups is 1. The number of ether oxygens (including phenoxy) is 3. The second-order valence-corrected chi connectivity index (χ2v) is 17.2. The molecule has 1 aromatic heterocycles. The van der Waals surface area contributed by atoms with Crippen LogP contribution in [-0.2, 0) is 21.0 Å². The summed E-state index contributed by atoms with van der Waals surface area (Å²) < 4.78 is 20.6. The van der Waals surface area contributed by atoms with E-state index in [9.17, 15) is 25.1 Å². The number of benzene rings is 2. The van der Waals surface area contributed by atoms with E-state index >= 15 is 0 Å². The van der Waals surface area contributed by atoms with Crippen molar-refractivity contribution in [1.82, 2.24) is 9.88 Å². The second-order valence-electron chi connectivity index (χ2n) is 17.2. The van der Waals surface area contributed by atoms with Gasteiger partial charge < -0.3 is 34.2 Å². The first-order chi connectivity index (χ1) is 29.3. The van der Waals surface area contributed by atoms with Gasteiger partial charge in [-0.1, -0.05) is 36.2 Å². The molecule has 0 radical (unpaired) electrons. The van der Waals surface area contributed by atoms with Crippen LogP contribution >= 0.6 is 0 Å². The van der Waals surface area contributed by atoms with Crippen LogP contribution in [0.15, 0.2) is 96.2 Å². The van der Waals surface area contributed by atoms with Crippen LogP contribution in [0.2, 0.25) is 0 Å². The van der Waals surface area contributed by atoms with Crippen molar-refractivity contribution in [3.63, 3.8) is 0 Å². The monoisotopic (exact) mass is 836 g/mol. The van der Waals surface area contributed by atoms with E-state index < -0.39 is 28.3 Å². The molecule has 13 heteroatoms. The lowest BCUT2D eigenvalue weighted by Crippen LogP contribution is -2.69. The van der Waals surface area contributed by atoms with E-state index in [0.717, 1.165) is 48.2 Å². The number of aromatic nitrogens is 1. The van der Waals surface area contributed by atoms with Gasteiger partial charge in [0.25, 0.3) is 5.69 Å². The number of hydrogen-bond donors (Lipinski definition) is 2. The highest BCUT2D eigenvalue weighted by molar-refractivity contribution is 6.03. The fraction of sp³-hybridized carbons (Fsp3) is 0.479. The minimum Gasteiger partial charge on any atom is -0.487 e. The predicted molar refractivity (Wildman–Crippen MR) is 234 cm³/mol. The normalized spacial score (nSPS) is 23.7. The van der Waals surface area contributed by atoms with E-state index in [-0.39, 0.29) is 62.2 Å². The van der Waals surface area contributed by atoms with Crippen LogP contribution < -0.4 is 9.47 Å². The zero-order chi connectivity index (χ0) is 43.7. The van der Waals surface area contributed by atoms with Crippen LogP contribution in [0.5, 0.6) is 11.5 Å². The molecule has 0 bridgehead atoms. The average Bonchev–Trinajstić information content (AvgIpc) is 3.24. The number of nitrogens with zero attached hydrogens (tertiary/aromatic N) is 4. The largest absolute Gasteiger partial charge is 0.487 e. The Balaban J connectivity index is 1.52. The van der Waals surface area contributed by atoms with Gasteiger partial charge >= 0.3 is 0 Å². The van der Waals surface area contributed by atoms with E-state index in [0.29, 0.717) is 35.6 Å². The van der Waals surface area contributed by atoms with Crippen molar-refractivity contribution in [3.05, 3.63) is 124 Å². The van der Waals surface area contributed by atoms with Crippen molar-refractivity contribution in [2.45, 2.75) is 103 Å². The van der Waals surface area contributed by atoms with E-state index in [4.69, 9.17) is 24.2 Å². The molecule has 6 rings (SSSR count). The third-order valence-corrected chi connectivity index (χ3v) is 11.7. The van der Waals surface area contributed by atoms with Gasteiger partial charge in [-0.05, 0) is 125 Å². The smallest absolute Gasteiger partial charge is 0.269 e. The standard InChI is InChI=1S/C48H60N4O9/c1-7-27-59-48-43(51(6)44(55)24-19-33-17-20-36(21-18-33)52(56)57)30-41(50-61-47(3,4)5)39-28-34(14-8-10-25-53)38(16-9-11-26-54)45(46(39)48)40-29-37(22-23-42(40)60-48)58-31-35-15-12-13-32(2)49-35/h7,12-13,15,17-24,28-29,34,38,43,45-46,53-54H,1,8-11,14,16,25-27,30-31H2,2-6H3/t34-,38+,43-,45+,46+,48+/m0/s1. The lowest BCUT2D eigenvalue weighted by molar-refractivity contribution is -0.384. The third-order valence-electron chi connectivity index (χ3n) is 11.7. The lowest BCUT2D eigenvalue weighted by Gasteiger charge is -2.59. The molecule has 3 aliphatic rings. The number of fused-ring (bicyclic) bond motifs is 2. The molecule has 61 heavy (non-hydrogen) atoms. The number of unbranched alkanes of at least 4 members (excludes halogenated alkanes) is 2. The summed E-state index contributed by atoms with van der Waals surface area (Å²) in [6.45, 7) is 12.4. The van der Waals surface area contributed by atoms with E-state index in [1.807, 2.05) is 58.0 Å². The maximum absolute atomic E-state index is 14.3. The molecule has 2 heterocycles. The molecule has 13 nitrogen and oxygen atoms in total. The number of allylic oxidation sites excluding steroid dienone is 1. The van der Waals surface area contributed by atoms with Gasteiger partial charge in [0.2, 0.25) is 11.7 Å². The molecule has 2 N–H and O–H groups in total. The quantitative estimate of drug-likeness (QED) is 0.0393. The Hall–Kier alpha value is -5.37. The number of nitro groups is 1. The van der Waals surface area contributed by atoms with Crippen LogP contribution in [0, 0.1) is 34.8 Å². The summed E-state index contributed by atoms with van der Waals surface area (Å²) in [5.74, 6) is -1.03. The van der Waals surface area contributed by atoms with Gasteiger partial charge in [0, 0.05) is 62.1 Å². The predicted octanol–water partition coefficient (Wildman–Crippen LogP) is 8.48. The van der Waals surface area contributed by atoms with Crippen molar-refractivity contribution in [1.29, 1.82) is 0 Å². The Morgan fingerprint density at radius 1 is 1.08 bits per heavy atom. The Bertz CT molecular complexity index is 2110. The molecule has 1 amide bonds. The van der Waals surface area contributed by atoms with Gasteiger partial charge in [0.15, 0.2) is 0 Å². The summed E-state index contributed by atoms with van der Waals surface area (Å²) in [5.41, 5.74) is 4.27. The maximum atomic E-state index is 14.3. The molecule has 2 aliphatic carbocycles. The van der Waals surface area contributed by atoms with E-state index in [1.165, 1.54) is 18.2 Å². The fourth-order valence-corrected chi connectivity index (χ4v) is 8.99. The Morgan fingerprint density at radius 3 is 2.49 bits per heavy atom. The fourth-order valence-electron chi connectivity index (χ4n) is 8.99. The lowest BCUT2D eigenvalue weighted by atomic mass is 9.55. The number of aryl methyl sites for hydroxylation is 1. The topological polar surface area (TPSA) is 166 Å². The third kappa shape index (κ3) is 10.6. The van der Waals surface area contributed by atoms with E-state index in [1.54, 1.807) is 36.2 Å². The van der Waals surface area contributed by atoms with Crippen LogP contribution in [0.25, 0.3) is 6.08 Å². The minimum absolute atomic E-state index is 0.0405. The molecular formula is C48H60N4O9. The highest BCUT2D eigenvalue weighted by Crippen LogP contribution is 2.62. The summed E-state index contributed by atoms with van der Waals surface area (Å²) in [5, 5.41) is 35.9. The Kier molecular flexibility index (Phi) is 14.8. The van der Waals surface area contributed by atoms with Crippen molar-refractivity contribution < 1.29 is 39.0 Å². The van der Waals surface area contributed by atoms with Crippen LogP contribution in [0.4, 0.5) is 5.69 Å². The number of rotatable bonds is 19. The number of pyridine rings is 1. The van der Waals surface area contributed by atoms with Crippen molar-refractivity contribution >= 4 is 23.4 Å².